The molecule has 4 heteroatoms. The van der Waals surface area contributed by atoms with Crippen LogP contribution in [0.25, 0.3) is 0 Å². The Morgan fingerprint density at radius 2 is 1.89 bits per heavy atom. The van der Waals surface area contributed by atoms with Crippen molar-refractivity contribution in [3.05, 3.63) is 29.3 Å². The molecule has 4 nitrogen and oxygen atoms in total. The maximum absolute atomic E-state index is 7.75. The third-order valence-electron chi connectivity index (χ3n) is 4.22. The fourth-order valence-electron chi connectivity index (χ4n) is 3.05. The van der Waals surface area contributed by atoms with Gasteiger partial charge in [-0.05, 0) is 31.4 Å². The Labute approximate surface area is 114 Å². The lowest BCUT2D eigenvalue weighted by Gasteiger charge is -2.37. The molecule has 1 saturated heterocycles. The lowest BCUT2D eigenvalue weighted by atomic mass is 10.0. The summed E-state index contributed by atoms with van der Waals surface area (Å²) in [6.07, 6.45) is 2.76. The molecule has 1 aromatic carbocycles. The van der Waals surface area contributed by atoms with E-state index in [4.69, 9.17) is 11.1 Å². The number of hydrogen-bond donors (Lipinski definition) is 2. The van der Waals surface area contributed by atoms with Crippen molar-refractivity contribution in [2.75, 3.05) is 31.1 Å². The molecular weight excluding hydrogens is 236 g/mol. The number of nitrogens with zero attached hydrogens (tertiary/aromatic N) is 2. The molecule has 1 aliphatic carbocycles. The van der Waals surface area contributed by atoms with Gasteiger partial charge < -0.3 is 10.6 Å². The summed E-state index contributed by atoms with van der Waals surface area (Å²) < 4.78 is 0. The minimum atomic E-state index is 0.170. The second-order valence-corrected chi connectivity index (χ2v) is 5.64. The third-order valence-corrected chi connectivity index (χ3v) is 4.22. The number of amidine groups is 1. The van der Waals surface area contributed by atoms with E-state index in [0.717, 1.165) is 43.5 Å². The summed E-state index contributed by atoms with van der Waals surface area (Å²) in [6.45, 7) is 6.46. The van der Waals surface area contributed by atoms with Crippen molar-refractivity contribution >= 4 is 11.5 Å². The lowest BCUT2D eigenvalue weighted by Crippen LogP contribution is -2.48. The molecule has 0 aromatic heterocycles. The first-order valence-corrected chi connectivity index (χ1v) is 7.10. The molecule has 3 N–H and O–H groups in total. The van der Waals surface area contributed by atoms with Gasteiger partial charge in [0.1, 0.15) is 5.84 Å². The minimum absolute atomic E-state index is 0.170. The van der Waals surface area contributed by atoms with Crippen LogP contribution in [0, 0.1) is 12.3 Å². The molecule has 1 aromatic rings. The Bertz CT molecular complexity index is 485. The lowest BCUT2D eigenvalue weighted by molar-refractivity contribution is 0.248. The predicted octanol–water partition coefficient (Wildman–Crippen LogP) is 1.56. The summed E-state index contributed by atoms with van der Waals surface area (Å²) >= 11 is 0. The fraction of sp³-hybridized carbons (Fsp3) is 0.533. The smallest absolute Gasteiger partial charge is 0.124 e. The predicted molar refractivity (Wildman–Crippen MR) is 79.0 cm³/mol. The van der Waals surface area contributed by atoms with Gasteiger partial charge in [0.05, 0.1) is 5.69 Å². The first kappa shape index (κ1) is 12.5. The average molecular weight is 258 g/mol. The normalized spacial score (nSPS) is 20.6. The molecule has 1 heterocycles. The van der Waals surface area contributed by atoms with Crippen LogP contribution in [0.15, 0.2) is 18.2 Å². The molecule has 2 fully saturated rings. The Balaban J connectivity index is 1.80. The molecule has 3 rings (SSSR count). The van der Waals surface area contributed by atoms with E-state index in [1.54, 1.807) is 0 Å². The zero-order valence-electron chi connectivity index (χ0n) is 11.5. The van der Waals surface area contributed by atoms with Gasteiger partial charge in [0.2, 0.25) is 0 Å². The first-order valence-electron chi connectivity index (χ1n) is 7.10. The van der Waals surface area contributed by atoms with Crippen molar-refractivity contribution in [2.45, 2.75) is 25.8 Å². The minimum Gasteiger partial charge on any atom is -0.384 e. The summed E-state index contributed by atoms with van der Waals surface area (Å²) in [5.74, 6) is 0.170. The number of rotatable bonds is 3. The van der Waals surface area contributed by atoms with Gasteiger partial charge in [-0.1, -0.05) is 12.1 Å². The highest BCUT2D eigenvalue weighted by Gasteiger charge is 2.31. The quantitative estimate of drug-likeness (QED) is 0.639. The van der Waals surface area contributed by atoms with Crippen LogP contribution in [-0.4, -0.2) is 43.0 Å². The number of anilines is 1. The summed E-state index contributed by atoms with van der Waals surface area (Å²) in [6, 6.07) is 6.90. The molecule has 1 aliphatic heterocycles. The fourth-order valence-corrected chi connectivity index (χ4v) is 3.05. The van der Waals surface area contributed by atoms with E-state index in [1.807, 2.05) is 12.1 Å². The van der Waals surface area contributed by atoms with Crippen LogP contribution in [0.2, 0.25) is 0 Å². The van der Waals surface area contributed by atoms with E-state index in [1.165, 1.54) is 18.4 Å². The van der Waals surface area contributed by atoms with Crippen LogP contribution in [-0.2, 0) is 0 Å². The zero-order valence-corrected chi connectivity index (χ0v) is 11.5. The van der Waals surface area contributed by atoms with Crippen LogP contribution in [0.1, 0.15) is 24.0 Å². The summed E-state index contributed by atoms with van der Waals surface area (Å²) in [7, 11) is 0. The SMILES string of the molecule is Cc1cccc(C(=N)N)c1N1CCN(C2CC2)CC1. The number of nitrogens with one attached hydrogen (secondary N) is 1. The molecule has 0 amide bonds. The van der Waals surface area contributed by atoms with Crippen molar-refractivity contribution in [1.29, 1.82) is 5.41 Å². The van der Waals surface area contributed by atoms with Gasteiger partial charge in [0.25, 0.3) is 0 Å². The van der Waals surface area contributed by atoms with Crippen LogP contribution in [0.4, 0.5) is 5.69 Å². The van der Waals surface area contributed by atoms with E-state index in [2.05, 4.69) is 22.8 Å². The van der Waals surface area contributed by atoms with Crippen LogP contribution in [0.3, 0.4) is 0 Å². The van der Waals surface area contributed by atoms with Crippen molar-refractivity contribution in [3.63, 3.8) is 0 Å². The highest BCUT2D eigenvalue weighted by Crippen LogP contribution is 2.30. The number of aryl methyl sites for hydroxylation is 1. The van der Waals surface area contributed by atoms with Crippen molar-refractivity contribution in [1.82, 2.24) is 4.90 Å². The Hall–Kier alpha value is -1.55. The third kappa shape index (κ3) is 2.45. The van der Waals surface area contributed by atoms with Gasteiger partial charge in [0.15, 0.2) is 0 Å². The second kappa shape index (κ2) is 4.85. The van der Waals surface area contributed by atoms with E-state index >= 15 is 0 Å². The molecule has 0 bridgehead atoms. The van der Waals surface area contributed by atoms with E-state index in [0.29, 0.717) is 0 Å². The zero-order chi connectivity index (χ0) is 13.4. The summed E-state index contributed by atoms with van der Waals surface area (Å²) in [4.78, 5) is 4.99. The number of piperazine rings is 1. The van der Waals surface area contributed by atoms with Crippen LogP contribution >= 0.6 is 0 Å². The maximum atomic E-state index is 7.75. The monoisotopic (exact) mass is 258 g/mol. The largest absolute Gasteiger partial charge is 0.384 e. The van der Waals surface area contributed by atoms with Gasteiger partial charge in [-0.2, -0.15) is 0 Å². The Morgan fingerprint density at radius 3 is 2.47 bits per heavy atom. The van der Waals surface area contributed by atoms with Crippen LogP contribution < -0.4 is 10.6 Å². The summed E-state index contributed by atoms with van der Waals surface area (Å²) in [5, 5.41) is 7.75. The molecule has 0 spiro atoms. The van der Waals surface area contributed by atoms with Gasteiger partial charge >= 0.3 is 0 Å². The summed E-state index contributed by atoms with van der Waals surface area (Å²) in [5.41, 5.74) is 8.97. The molecular formula is C15H22N4. The number of hydrogen-bond acceptors (Lipinski definition) is 3. The molecule has 0 unspecified atom stereocenters. The number of nitrogens with two attached hydrogens (primary N) is 1. The van der Waals surface area contributed by atoms with Gasteiger partial charge in [-0.3, -0.25) is 10.3 Å². The van der Waals surface area contributed by atoms with E-state index < -0.39 is 0 Å². The molecule has 2 aliphatic rings. The average Bonchev–Trinajstić information content (AvgIpc) is 3.23. The van der Waals surface area contributed by atoms with E-state index in [9.17, 15) is 0 Å². The van der Waals surface area contributed by atoms with Gasteiger partial charge in [-0.25, -0.2) is 0 Å². The molecule has 102 valence electrons. The number of para-hydroxylation sites is 1. The van der Waals surface area contributed by atoms with Crippen LogP contribution in [0.5, 0.6) is 0 Å². The highest BCUT2D eigenvalue weighted by molar-refractivity contribution is 6.01. The first-order chi connectivity index (χ1) is 9.16. The second-order valence-electron chi connectivity index (χ2n) is 5.64. The molecule has 0 atom stereocenters. The molecule has 1 saturated carbocycles. The highest BCUT2D eigenvalue weighted by atomic mass is 15.3. The standard InChI is InChI=1S/C15H22N4/c1-11-3-2-4-13(15(16)17)14(11)19-9-7-18(8-10-19)12-5-6-12/h2-4,12H,5-10H2,1H3,(H3,16,17). The van der Waals surface area contributed by atoms with Crippen molar-refractivity contribution in [2.24, 2.45) is 5.73 Å². The van der Waals surface area contributed by atoms with Crippen molar-refractivity contribution < 1.29 is 0 Å². The Morgan fingerprint density at radius 1 is 1.21 bits per heavy atom. The van der Waals surface area contributed by atoms with Gasteiger partial charge in [-0.15, -0.1) is 0 Å². The van der Waals surface area contributed by atoms with Crippen molar-refractivity contribution in [3.8, 4) is 0 Å². The molecule has 0 radical (unpaired) electrons. The maximum Gasteiger partial charge on any atom is 0.124 e. The van der Waals surface area contributed by atoms with E-state index in [-0.39, 0.29) is 5.84 Å². The Kier molecular flexibility index (Phi) is 3.19. The van der Waals surface area contributed by atoms with Gasteiger partial charge in [0, 0.05) is 37.8 Å². The number of benzene rings is 1. The molecule has 19 heavy (non-hydrogen) atoms. The topological polar surface area (TPSA) is 56.4 Å². The number of nitrogen functional groups attached to an aromatic ring is 1.